The third-order valence-corrected chi connectivity index (χ3v) is 4.97. The summed E-state index contributed by atoms with van der Waals surface area (Å²) in [5.41, 5.74) is -0.270. The molecule has 2 heterocycles. The van der Waals surface area contributed by atoms with Crippen LogP contribution in [0.15, 0.2) is 18.2 Å². The molecule has 2 N–H and O–H groups in total. The molecule has 0 spiro atoms. The lowest BCUT2D eigenvalue weighted by Crippen LogP contribution is -2.41. The number of pyridine rings is 1. The number of carbonyl (C=O) groups is 2. The van der Waals surface area contributed by atoms with Gasteiger partial charge < -0.3 is 24.6 Å². The molecule has 1 aromatic heterocycles. The van der Waals surface area contributed by atoms with Gasteiger partial charge in [-0.15, -0.1) is 0 Å². The summed E-state index contributed by atoms with van der Waals surface area (Å²) in [7, 11) is 4.07. The molecule has 0 bridgehead atoms. The lowest BCUT2D eigenvalue weighted by atomic mass is 9.97. The van der Waals surface area contributed by atoms with Crippen molar-refractivity contribution in [1.82, 2.24) is 20.1 Å². The van der Waals surface area contributed by atoms with Gasteiger partial charge in [-0.2, -0.15) is 0 Å². The second-order valence-electron chi connectivity index (χ2n) is 10.9. The predicted octanol–water partition coefficient (Wildman–Crippen LogP) is 3.36. The quantitative estimate of drug-likeness (QED) is 0.640. The van der Waals surface area contributed by atoms with Crippen LogP contribution in [0.5, 0.6) is 0 Å². The molecule has 9 nitrogen and oxygen atoms in total. The minimum absolute atomic E-state index is 0.127. The van der Waals surface area contributed by atoms with Gasteiger partial charge in [0, 0.05) is 37.9 Å². The molecule has 0 radical (unpaired) electrons. The Balaban J connectivity index is 2.07. The molecule has 1 aliphatic rings. The molecule has 1 fully saturated rings. The van der Waals surface area contributed by atoms with Crippen LogP contribution in [0.3, 0.4) is 0 Å². The Hall–Kier alpha value is -2.39. The van der Waals surface area contributed by atoms with Gasteiger partial charge in [-0.05, 0) is 80.1 Å². The number of amides is 2. The molecule has 2 rings (SSSR count). The maximum Gasteiger partial charge on any atom is 0.413 e. The first-order valence-corrected chi connectivity index (χ1v) is 11.5. The summed E-state index contributed by atoms with van der Waals surface area (Å²) in [5, 5.41) is 6.29. The van der Waals surface area contributed by atoms with Gasteiger partial charge in [-0.25, -0.2) is 14.6 Å². The monoisotopic (exact) mass is 463 g/mol. The Kier molecular flexibility index (Phi) is 9.08. The van der Waals surface area contributed by atoms with Crippen LogP contribution in [0, 0.1) is 5.92 Å². The summed E-state index contributed by atoms with van der Waals surface area (Å²) in [4.78, 5) is 33.2. The van der Waals surface area contributed by atoms with Crippen LogP contribution in [-0.2, 0) is 15.9 Å². The number of nitrogens with zero attached hydrogens (tertiary/aromatic N) is 3. The topological polar surface area (TPSA) is 96.0 Å². The summed E-state index contributed by atoms with van der Waals surface area (Å²) < 4.78 is 10.9. The van der Waals surface area contributed by atoms with Gasteiger partial charge in [-0.3, -0.25) is 5.32 Å². The van der Waals surface area contributed by atoms with Crippen LogP contribution in [0.1, 0.15) is 47.2 Å². The fourth-order valence-corrected chi connectivity index (χ4v) is 3.60. The Morgan fingerprint density at radius 1 is 1.09 bits per heavy atom. The fraction of sp³-hybridized carbons (Fsp3) is 0.708. The molecule has 0 unspecified atom stereocenters. The van der Waals surface area contributed by atoms with Crippen molar-refractivity contribution in [3.63, 3.8) is 0 Å². The molecule has 1 aromatic rings. The van der Waals surface area contributed by atoms with Crippen LogP contribution in [0.4, 0.5) is 15.4 Å². The van der Waals surface area contributed by atoms with Crippen molar-refractivity contribution in [1.29, 1.82) is 0 Å². The second kappa shape index (κ2) is 11.2. The van der Waals surface area contributed by atoms with Gasteiger partial charge in [0.1, 0.15) is 17.0 Å². The third kappa shape index (κ3) is 9.96. The number of nitrogens with one attached hydrogen (secondary N) is 2. The highest BCUT2D eigenvalue weighted by molar-refractivity contribution is 5.83. The van der Waals surface area contributed by atoms with E-state index in [1.165, 1.54) is 0 Å². The maximum atomic E-state index is 12.7. The highest BCUT2D eigenvalue weighted by Gasteiger charge is 2.37. The molecular formula is C24H41N5O4. The lowest BCUT2D eigenvalue weighted by Gasteiger charge is -2.24. The zero-order chi connectivity index (χ0) is 24.8. The third-order valence-electron chi connectivity index (χ3n) is 4.97. The van der Waals surface area contributed by atoms with E-state index in [1.807, 2.05) is 67.8 Å². The van der Waals surface area contributed by atoms with E-state index in [2.05, 4.69) is 20.5 Å². The van der Waals surface area contributed by atoms with Gasteiger partial charge in [-0.1, -0.05) is 6.07 Å². The number of likely N-dealkylation sites (N-methyl/N-ethyl adjacent to an activating group) is 1. The van der Waals surface area contributed by atoms with E-state index in [1.54, 1.807) is 11.0 Å². The molecule has 2 amide bonds. The Morgan fingerprint density at radius 2 is 1.76 bits per heavy atom. The van der Waals surface area contributed by atoms with Gasteiger partial charge >= 0.3 is 12.2 Å². The van der Waals surface area contributed by atoms with E-state index in [4.69, 9.17) is 9.47 Å². The van der Waals surface area contributed by atoms with Crippen molar-refractivity contribution in [2.75, 3.05) is 45.6 Å². The van der Waals surface area contributed by atoms with Crippen LogP contribution >= 0.6 is 0 Å². The Morgan fingerprint density at radius 3 is 2.36 bits per heavy atom. The average Bonchev–Trinajstić information content (AvgIpc) is 3.01. The van der Waals surface area contributed by atoms with E-state index < -0.39 is 17.3 Å². The first-order chi connectivity index (χ1) is 15.2. The van der Waals surface area contributed by atoms with Crippen LogP contribution < -0.4 is 10.6 Å². The van der Waals surface area contributed by atoms with Gasteiger partial charge in [0.05, 0.1) is 0 Å². The molecule has 1 saturated heterocycles. The van der Waals surface area contributed by atoms with Crippen LogP contribution in [0.2, 0.25) is 0 Å². The molecule has 0 aliphatic carbocycles. The fourth-order valence-electron chi connectivity index (χ4n) is 3.60. The molecule has 9 heteroatoms. The number of aromatic nitrogens is 1. The van der Waals surface area contributed by atoms with Crippen molar-refractivity contribution < 1.29 is 19.1 Å². The highest BCUT2D eigenvalue weighted by atomic mass is 16.6. The standard InChI is InChI=1S/C24H41N5O4/c1-23(2,3)32-21(30)27-20-11-9-10-18(26-20)14-17-15-29(22(31)33-24(4,5)6)16-19(17)25-12-13-28(7)8/h9-11,17,19,25H,12-16H2,1-8H3,(H,26,27,30)/t17-,19-/m0/s1. The number of likely N-dealkylation sites (tertiary alicyclic amines) is 1. The van der Waals surface area contributed by atoms with Crippen molar-refractivity contribution >= 4 is 18.0 Å². The summed E-state index contributed by atoms with van der Waals surface area (Å²) >= 11 is 0. The smallest absolute Gasteiger partial charge is 0.413 e. The van der Waals surface area contributed by atoms with E-state index in [0.717, 1.165) is 18.8 Å². The SMILES string of the molecule is CN(C)CCN[C@H]1CN(C(=O)OC(C)(C)C)C[C@@H]1Cc1cccc(NC(=O)OC(C)(C)C)n1. The largest absolute Gasteiger partial charge is 0.444 e. The predicted molar refractivity (Wildman–Crippen MR) is 129 cm³/mol. The molecular weight excluding hydrogens is 422 g/mol. The number of anilines is 1. The van der Waals surface area contributed by atoms with Gasteiger partial charge in [0.15, 0.2) is 0 Å². The molecule has 0 aromatic carbocycles. The summed E-state index contributed by atoms with van der Waals surface area (Å²) in [6, 6.07) is 5.67. The minimum atomic E-state index is -0.581. The van der Waals surface area contributed by atoms with Crippen molar-refractivity contribution in [2.24, 2.45) is 5.92 Å². The molecule has 1 aliphatic heterocycles. The number of rotatable bonds is 7. The van der Waals surface area contributed by atoms with E-state index in [0.29, 0.717) is 25.3 Å². The second-order valence-corrected chi connectivity index (χ2v) is 10.9. The molecule has 0 saturated carbocycles. The first-order valence-electron chi connectivity index (χ1n) is 11.5. The number of carbonyl (C=O) groups excluding carboxylic acids is 2. The van der Waals surface area contributed by atoms with Gasteiger partial charge in [0.2, 0.25) is 0 Å². The molecule has 33 heavy (non-hydrogen) atoms. The number of ether oxygens (including phenoxy) is 2. The van der Waals surface area contributed by atoms with E-state index >= 15 is 0 Å². The van der Waals surface area contributed by atoms with Crippen molar-refractivity contribution in [3.8, 4) is 0 Å². The number of hydrogen-bond donors (Lipinski definition) is 2. The normalized spacial score (nSPS) is 19.0. The van der Waals surface area contributed by atoms with Crippen LogP contribution in [0.25, 0.3) is 0 Å². The first kappa shape index (κ1) is 26.9. The minimum Gasteiger partial charge on any atom is -0.444 e. The van der Waals surface area contributed by atoms with E-state index in [9.17, 15) is 9.59 Å². The lowest BCUT2D eigenvalue weighted by molar-refractivity contribution is 0.0285. The maximum absolute atomic E-state index is 12.7. The average molecular weight is 464 g/mol. The summed E-state index contributed by atoms with van der Waals surface area (Å²) in [6.07, 6.45) is -0.159. The summed E-state index contributed by atoms with van der Waals surface area (Å²) in [5.74, 6) is 0.616. The summed E-state index contributed by atoms with van der Waals surface area (Å²) in [6.45, 7) is 14.0. The van der Waals surface area contributed by atoms with Gasteiger partial charge in [0.25, 0.3) is 0 Å². The Labute approximate surface area is 198 Å². The Bertz CT molecular complexity index is 801. The number of hydrogen-bond acceptors (Lipinski definition) is 7. The zero-order valence-electron chi connectivity index (χ0n) is 21.4. The van der Waals surface area contributed by atoms with Crippen molar-refractivity contribution in [3.05, 3.63) is 23.9 Å². The zero-order valence-corrected chi connectivity index (χ0v) is 21.4. The highest BCUT2D eigenvalue weighted by Crippen LogP contribution is 2.24. The van der Waals surface area contributed by atoms with Crippen LogP contribution in [-0.4, -0.2) is 84.5 Å². The molecule has 2 atom stereocenters. The molecule has 186 valence electrons. The van der Waals surface area contributed by atoms with Crippen molar-refractivity contribution in [2.45, 2.75) is 65.2 Å². The van der Waals surface area contributed by atoms with E-state index in [-0.39, 0.29) is 18.1 Å².